The van der Waals surface area contributed by atoms with Crippen molar-refractivity contribution in [3.8, 4) is 0 Å². The summed E-state index contributed by atoms with van der Waals surface area (Å²) >= 11 is 4.96. The maximum absolute atomic E-state index is 12.5. The summed E-state index contributed by atoms with van der Waals surface area (Å²) in [5.74, 6) is -0.696. The maximum atomic E-state index is 12.5. The van der Waals surface area contributed by atoms with Crippen molar-refractivity contribution in [3.05, 3.63) is 78.3 Å². The molecule has 0 amide bonds. The van der Waals surface area contributed by atoms with E-state index >= 15 is 0 Å². The highest BCUT2D eigenvalue weighted by Gasteiger charge is 2.27. The molecule has 25 heavy (non-hydrogen) atoms. The molecule has 2 N–H and O–H groups in total. The molecule has 0 radical (unpaired) electrons. The van der Waals surface area contributed by atoms with Crippen LogP contribution in [0.4, 0.5) is 0 Å². The molecule has 0 spiro atoms. The standard InChI is InChI=1S/C18H17BrN2O3S/c1-24-16(22)10-12(14-7-8-15(19)25-14)17-13(20-21-18(17)23)9-11-5-3-2-4-6-11/h2-8,12H,9-10H2,1H3,(H2,20,21,23)/t12-/m0/s1. The van der Waals surface area contributed by atoms with Crippen LogP contribution in [0.3, 0.4) is 0 Å². The van der Waals surface area contributed by atoms with Crippen molar-refractivity contribution < 1.29 is 9.53 Å². The molecule has 1 aromatic carbocycles. The SMILES string of the molecule is COC(=O)C[C@@H](c1ccc(Br)s1)c1c(Cc2ccccc2)[nH][nH]c1=O. The zero-order valence-electron chi connectivity index (χ0n) is 13.5. The number of thiophene rings is 1. The first-order valence-electron chi connectivity index (χ1n) is 7.74. The Morgan fingerprint density at radius 3 is 2.60 bits per heavy atom. The molecule has 130 valence electrons. The fraction of sp³-hybridized carbons (Fsp3) is 0.222. The van der Waals surface area contributed by atoms with Crippen LogP contribution in [0.25, 0.3) is 0 Å². The minimum Gasteiger partial charge on any atom is -0.469 e. The molecule has 7 heteroatoms. The summed E-state index contributed by atoms with van der Waals surface area (Å²) < 4.78 is 5.79. The van der Waals surface area contributed by atoms with Crippen molar-refractivity contribution in [1.82, 2.24) is 10.2 Å². The second kappa shape index (κ2) is 7.84. The number of aromatic nitrogens is 2. The molecule has 0 unspecified atom stereocenters. The van der Waals surface area contributed by atoms with Gasteiger partial charge in [0.2, 0.25) is 0 Å². The molecular formula is C18H17BrN2O3S. The van der Waals surface area contributed by atoms with E-state index in [9.17, 15) is 9.59 Å². The van der Waals surface area contributed by atoms with E-state index in [1.165, 1.54) is 18.4 Å². The molecule has 0 saturated heterocycles. The van der Waals surface area contributed by atoms with E-state index in [0.29, 0.717) is 12.0 Å². The summed E-state index contributed by atoms with van der Waals surface area (Å²) in [5.41, 5.74) is 2.26. The van der Waals surface area contributed by atoms with E-state index in [-0.39, 0.29) is 23.9 Å². The van der Waals surface area contributed by atoms with Gasteiger partial charge in [0.05, 0.1) is 17.3 Å². The third-order valence-electron chi connectivity index (χ3n) is 4.00. The Hall–Kier alpha value is -2.12. The Morgan fingerprint density at radius 2 is 1.96 bits per heavy atom. The van der Waals surface area contributed by atoms with Crippen LogP contribution in [0.5, 0.6) is 0 Å². The molecule has 5 nitrogen and oxygen atoms in total. The van der Waals surface area contributed by atoms with E-state index in [4.69, 9.17) is 4.74 Å². The Morgan fingerprint density at radius 1 is 1.20 bits per heavy atom. The van der Waals surface area contributed by atoms with Gasteiger partial charge in [0, 0.05) is 28.5 Å². The van der Waals surface area contributed by atoms with Crippen molar-refractivity contribution >= 4 is 33.2 Å². The molecule has 0 aliphatic heterocycles. The van der Waals surface area contributed by atoms with E-state index in [1.807, 2.05) is 42.5 Å². The predicted molar refractivity (Wildman–Crippen MR) is 101 cm³/mol. The molecule has 0 aliphatic rings. The van der Waals surface area contributed by atoms with Crippen LogP contribution >= 0.6 is 27.3 Å². The number of H-pyrrole nitrogens is 2. The Bertz CT molecular complexity index is 914. The van der Waals surface area contributed by atoms with Crippen LogP contribution in [0.2, 0.25) is 0 Å². The van der Waals surface area contributed by atoms with Gasteiger partial charge in [-0.3, -0.25) is 14.7 Å². The number of benzene rings is 1. The quantitative estimate of drug-likeness (QED) is 0.595. The Balaban J connectivity index is 2.02. The van der Waals surface area contributed by atoms with E-state index in [2.05, 4.69) is 26.1 Å². The predicted octanol–water partition coefficient (Wildman–Crippen LogP) is 3.81. The lowest BCUT2D eigenvalue weighted by molar-refractivity contribution is -0.140. The van der Waals surface area contributed by atoms with Crippen molar-refractivity contribution in [3.63, 3.8) is 0 Å². The second-order valence-electron chi connectivity index (χ2n) is 5.61. The van der Waals surface area contributed by atoms with Gasteiger partial charge in [-0.2, -0.15) is 0 Å². The molecule has 3 rings (SSSR count). The summed E-state index contributed by atoms with van der Waals surface area (Å²) in [6.07, 6.45) is 0.700. The van der Waals surface area contributed by atoms with Crippen LogP contribution in [0.1, 0.15) is 34.0 Å². The van der Waals surface area contributed by atoms with Crippen LogP contribution in [0, 0.1) is 0 Å². The maximum Gasteiger partial charge on any atom is 0.306 e. The Kier molecular flexibility index (Phi) is 5.55. The van der Waals surface area contributed by atoms with Gasteiger partial charge in [-0.1, -0.05) is 30.3 Å². The summed E-state index contributed by atoms with van der Waals surface area (Å²) in [5, 5.41) is 5.64. The van der Waals surface area contributed by atoms with Crippen LogP contribution in [0.15, 0.2) is 51.0 Å². The number of halogens is 1. The Labute approximate surface area is 157 Å². The van der Waals surface area contributed by atoms with Crippen molar-refractivity contribution in [2.45, 2.75) is 18.8 Å². The normalized spacial score (nSPS) is 12.1. The van der Waals surface area contributed by atoms with Gasteiger partial charge in [-0.15, -0.1) is 11.3 Å². The monoisotopic (exact) mass is 420 g/mol. The minimum atomic E-state index is -0.350. The lowest BCUT2D eigenvalue weighted by atomic mass is 9.92. The minimum absolute atomic E-state index is 0.117. The van der Waals surface area contributed by atoms with Gasteiger partial charge >= 0.3 is 5.97 Å². The fourth-order valence-corrected chi connectivity index (χ4v) is 4.36. The largest absolute Gasteiger partial charge is 0.469 e. The molecule has 3 aromatic rings. The van der Waals surface area contributed by atoms with Gasteiger partial charge in [-0.25, -0.2) is 0 Å². The summed E-state index contributed by atoms with van der Waals surface area (Å²) in [6, 6.07) is 13.7. The van der Waals surface area contributed by atoms with Crippen molar-refractivity contribution in [2.24, 2.45) is 0 Å². The third kappa shape index (κ3) is 4.11. The van der Waals surface area contributed by atoms with Crippen molar-refractivity contribution in [2.75, 3.05) is 7.11 Å². The number of esters is 1. The zero-order chi connectivity index (χ0) is 17.8. The first-order valence-corrected chi connectivity index (χ1v) is 9.34. The highest BCUT2D eigenvalue weighted by atomic mass is 79.9. The molecule has 0 saturated carbocycles. The van der Waals surface area contributed by atoms with Gasteiger partial charge in [0.15, 0.2) is 0 Å². The first kappa shape index (κ1) is 17.7. The summed E-state index contributed by atoms with van der Waals surface area (Å²) in [6.45, 7) is 0. The molecule has 2 aromatic heterocycles. The van der Waals surface area contributed by atoms with Crippen LogP contribution < -0.4 is 5.56 Å². The van der Waals surface area contributed by atoms with E-state index < -0.39 is 0 Å². The lowest BCUT2D eigenvalue weighted by Crippen LogP contribution is -2.17. The number of hydrogen-bond acceptors (Lipinski definition) is 4. The van der Waals surface area contributed by atoms with Gasteiger partial charge in [0.1, 0.15) is 0 Å². The highest BCUT2D eigenvalue weighted by Crippen LogP contribution is 2.35. The smallest absolute Gasteiger partial charge is 0.306 e. The molecule has 0 aliphatic carbocycles. The number of methoxy groups -OCH3 is 1. The van der Waals surface area contributed by atoms with Gasteiger partial charge in [-0.05, 0) is 33.6 Å². The zero-order valence-corrected chi connectivity index (χ0v) is 15.9. The third-order valence-corrected chi connectivity index (χ3v) is 5.74. The molecule has 0 fully saturated rings. The van der Waals surface area contributed by atoms with Crippen LogP contribution in [-0.4, -0.2) is 23.3 Å². The average molecular weight is 421 g/mol. The summed E-state index contributed by atoms with van der Waals surface area (Å²) in [4.78, 5) is 25.3. The summed E-state index contributed by atoms with van der Waals surface area (Å²) in [7, 11) is 1.36. The topological polar surface area (TPSA) is 75.0 Å². The molecular weight excluding hydrogens is 404 g/mol. The van der Waals surface area contributed by atoms with Gasteiger partial charge < -0.3 is 9.84 Å². The van der Waals surface area contributed by atoms with Gasteiger partial charge in [0.25, 0.3) is 5.56 Å². The number of ether oxygens (including phenoxy) is 1. The average Bonchev–Trinajstić information content (AvgIpc) is 3.20. The van der Waals surface area contributed by atoms with E-state index in [1.54, 1.807) is 0 Å². The first-order chi connectivity index (χ1) is 12.1. The number of carbonyl (C=O) groups excluding carboxylic acids is 1. The number of hydrogen-bond donors (Lipinski definition) is 2. The number of carbonyl (C=O) groups is 1. The molecule has 1 atom stereocenters. The lowest BCUT2D eigenvalue weighted by Gasteiger charge is -2.14. The van der Waals surface area contributed by atoms with Crippen molar-refractivity contribution in [1.29, 1.82) is 0 Å². The molecule has 2 heterocycles. The fourth-order valence-electron chi connectivity index (χ4n) is 2.82. The van der Waals surface area contributed by atoms with Crippen LogP contribution in [-0.2, 0) is 16.0 Å². The number of aromatic amines is 2. The van der Waals surface area contributed by atoms with E-state index in [0.717, 1.165) is 19.9 Å². The second-order valence-corrected chi connectivity index (χ2v) is 8.10. The number of rotatable bonds is 6. The number of nitrogens with one attached hydrogen (secondary N) is 2. The molecule has 0 bridgehead atoms. The highest BCUT2D eigenvalue weighted by molar-refractivity contribution is 9.11.